The van der Waals surface area contributed by atoms with E-state index in [1.54, 1.807) is 12.4 Å². The molecule has 0 aliphatic carbocycles. The molecule has 3 rings (SSSR count). The second-order valence-corrected chi connectivity index (χ2v) is 7.41. The molecule has 2 atom stereocenters. The zero-order valence-electron chi connectivity index (χ0n) is 16.1. The van der Waals surface area contributed by atoms with Crippen molar-refractivity contribution in [1.82, 2.24) is 20.1 Å². The zero-order chi connectivity index (χ0) is 19.1. The number of ether oxygens (including phenoxy) is 1. The van der Waals surface area contributed by atoms with Crippen molar-refractivity contribution in [3.63, 3.8) is 0 Å². The van der Waals surface area contributed by atoms with Crippen LogP contribution in [0.2, 0.25) is 0 Å². The summed E-state index contributed by atoms with van der Waals surface area (Å²) >= 11 is 0. The first-order valence-corrected chi connectivity index (χ1v) is 9.86. The molecule has 2 aliphatic rings. The lowest BCUT2D eigenvalue weighted by Crippen LogP contribution is -2.45. The molecule has 1 aromatic heterocycles. The van der Waals surface area contributed by atoms with E-state index in [4.69, 9.17) is 4.74 Å². The Morgan fingerprint density at radius 3 is 2.63 bits per heavy atom. The minimum Gasteiger partial charge on any atom is -0.378 e. The highest BCUT2D eigenvalue weighted by molar-refractivity contribution is 5.77. The summed E-state index contributed by atoms with van der Waals surface area (Å²) in [5.74, 6) is 0.297. The highest BCUT2D eigenvalue weighted by Gasteiger charge is 2.33. The molecule has 0 bridgehead atoms. The Morgan fingerprint density at radius 1 is 1.19 bits per heavy atom. The average molecular weight is 374 g/mol. The van der Waals surface area contributed by atoms with Gasteiger partial charge in [-0.3, -0.25) is 19.5 Å². The van der Waals surface area contributed by atoms with E-state index in [0.717, 1.165) is 24.8 Å². The van der Waals surface area contributed by atoms with E-state index in [1.165, 1.54) is 0 Å². The summed E-state index contributed by atoms with van der Waals surface area (Å²) in [5.41, 5.74) is 1.12. The quantitative estimate of drug-likeness (QED) is 0.766. The highest BCUT2D eigenvalue weighted by Crippen LogP contribution is 2.25. The van der Waals surface area contributed by atoms with Crippen LogP contribution in [0.15, 0.2) is 24.5 Å². The predicted molar refractivity (Wildman–Crippen MR) is 102 cm³/mol. The smallest absolute Gasteiger partial charge is 0.224 e. The van der Waals surface area contributed by atoms with E-state index >= 15 is 0 Å². The predicted octanol–water partition coefficient (Wildman–Crippen LogP) is 0.842. The molecule has 2 saturated heterocycles. The lowest BCUT2D eigenvalue weighted by atomic mass is 10.1. The van der Waals surface area contributed by atoms with Crippen molar-refractivity contribution in [2.45, 2.75) is 44.2 Å². The van der Waals surface area contributed by atoms with E-state index < -0.39 is 0 Å². The van der Waals surface area contributed by atoms with E-state index in [9.17, 15) is 9.59 Å². The standard InChI is InChI=1S/C20H30N4O3/c1-23-17(14-20(26)24-10-12-27-13-11-24)3-4-18(23)15-22-19(25)5-2-16-6-8-21-9-7-16/h6-9,17-18H,2-5,10-15H2,1H3,(H,22,25)/t17-,18+/m1/s1. The fraction of sp³-hybridized carbons (Fsp3) is 0.650. The van der Waals surface area contributed by atoms with Crippen LogP contribution in [0.5, 0.6) is 0 Å². The second kappa shape index (κ2) is 9.80. The number of carbonyl (C=O) groups excluding carboxylic acids is 2. The molecule has 0 spiro atoms. The molecular weight excluding hydrogens is 344 g/mol. The highest BCUT2D eigenvalue weighted by atomic mass is 16.5. The van der Waals surface area contributed by atoms with Crippen molar-refractivity contribution in [2.75, 3.05) is 39.9 Å². The van der Waals surface area contributed by atoms with Gasteiger partial charge in [0, 0.05) is 57.0 Å². The molecule has 7 heteroatoms. The number of amides is 2. The van der Waals surface area contributed by atoms with E-state index in [2.05, 4.69) is 22.2 Å². The van der Waals surface area contributed by atoms with Crippen molar-refractivity contribution in [3.8, 4) is 0 Å². The van der Waals surface area contributed by atoms with Crippen LogP contribution in [0, 0.1) is 0 Å². The third-order valence-electron chi connectivity index (χ3n) is 5.68. The van der Waals surface area contributed by atoms with Crippen molar-refractivity contribution >= 4 is 11.8 Å². The number of likely N-dealkylation sites (tertiary alicyclic amines) is 1. The third-order valence-corrected chi connectivity index (χ3v) is 5.68. The summed E-state index contributed by atoms with van der Waals surface area (Å²) in [6.07, 6.45) is 7.29. The lowest BCUT2D eigenvalue weighted by Gasteiger charge is -2.30. The number of rotatable bonds is 7. The van der Waals surface area contributed by atoms with Gasteiger partial charge in [-0.2, -0.15) is 0 Å². The van der Waals surface area contributed by atoms with Crippen LogP contribution >= 0.6 is 0 Å². The molecule has 0 saturated carbocycles. The van der Waals surface area contributed by atoms with Gasteiger partial charge in [0.15, 0.2) is 0 Å². The molecule has 27 heavy (non-hydrogen) atoms. The van der Waals surface area contributed by atoms with Gasteiger partial charge in [-0.15, -0.1) is 0 Å². The van der Waals surface area contributed by atoms with Crippen molar-refractivity contribution < 1.29 is 14.3 Å². The van der Waals surface area contributed by atoms with Crippen molar-refractivity contribution in [1.29, 1.82) is 0 Å². The Morgan fingerprint density at radius 2 is 1.89 bits per heavy atom. The summed E-state index contributed by atoms with van der Waals surface area (Å²) in [6.45, 7) is 3.33. The fourth-order valence-electron chi connectivity index (χ4n) is 3.85. The van der Waals surface area contributed by atoms with Crippen LogP contribution in [-0.4, -0.2) is 78.6 Å². The Labute approximate surface area is 161 Å². The van der Waals surface area contributed by atoms with Gasteiger partial charge < -0.3 is 15.0 Å². The van der Waals surface area contributed by atoms with Gasteiger partial charge in [0.1, 0.15) is 0 Å². The number of nitrogens with one attached hydrogen (secondary N) is 1. The summed E-state index contributed by atoms with van der Waals surface area (Å²) < 4.78 is 5.31. The molecule has 7 nitrogen and oxygen atoms in total. The Balaban J connectivity index is 1.37. The van der Waals surface area contributed by atoms with E-state index in [1.807, 2.05) is 17.0 Å². The molecule has 2 amide bonds. The van der Waals surface area contributed by atoms with Crippen LogP contribution < -0.4 is 5.32 Å². The first-order valence-electron chi connectivity index (χ1n) is 9.86. The Bertz CT molecular complexity index is 619. The lowest BCUT2D eigenvalue weighted by molar-refractivity contribution is -0.136. The van der Waals surface area contributed by atoms with Gasteiger partial charge in [-0.1, -0.05) is 0 Å². The van der Waals surface area contributed by atoms with E-state index in [0.29, 0.717) is 51.7 Å². The fourth-order valence-corrected chi connectivity index (χ4v) is 3.85. The molecule has 0 unspecified atom stereocenters. The number of pyridine rings is 1. The van der Waals surface area contributed by atoms with Crippen LogP contribution in [0.1, 0.15) is 31.2 Å². The summed E-state index contributed by atoms with van der Waals surface area (Å²) in [4.78, 5) is 32.8. The third kappa shape index (κ3) is 5.74. The van der Waals surface area contributed by atoms with Gasteiger partial charge >= 0.3 is 0 Å². The molecule has 148 valence electrons. The maximum Gasteiger partial charge on any atom is 0.224 e. The number of aryl methyl sites for hydroxylation is 1. The molecule has 1 N–H and O–H groups in total. The normalized spacial score (nSPS) is 23.4. The van der Waals surface area contributed by atoms with Crippen LogP contribution in [0.3, 0.4) is 0 Å². The van der Waals surface area contributed by atoms with E-state index in [-0.39, 0.29) is 17.9 Å². The van der Waals surface area contributed by atoms with Gasteiger partial charge in [-0.25, -0.2) is 0 Å². The molecule has 2 fully saturated rings. The largest absolute Gasteiger partial charge is 0.378 e. The number of hydrogen-bond acceptors (Lipinski definition) is 5. The van der Waals surface area contributed by atoms with Crippen LogP contribution in [0.4, 0.5) is 0 Å². The average Bonchev–Trinajstić information content (AvgIpc) is 3.05. The van der Waals surface area contributed by atoms with Gasteiger partial charge in [0.2, 0.25) is 11.8 Å². The molecule has 0 aromatic carbocycles. The molecule has 3 heterocycles. The number of hydrogen-bond donors (Lipinski definition) is 1. The van der Waals surface area contributed by atoms with Crippen LogP contribution in [0.25, 0.3) is 0 Å². The summed E-state index contributed by atoms with van der Waals surface area (Å²) in [5, 5.41) is 3.05. The second-order valence-electron chi connectivity index (χ2n) is 7.41. The number of carbonyl (C=O) groups is 2. The number of likely N-dealkylation sites (N-methyl/N-ethyl adjacent to an activating group) is 1. The molecular formula is C20H30N4O3. The number of nitrogens with zero attached hydrogens (tertiary/aromatic N) is 3. The van der Waals surface area contributed by atoms with Gasteiger partial charge in [0.25, 0.3) is 0 Å². The SMILES string of the molecule is CN1[C@@H](CC(=O)N2CCOCC2)CC[C@H]1CNC(=O)CCc1ccncc1. The molecule has 0 radical (unpaired) electrons. The first-order chi connectivity index (χ1) is 13.1. The molecule has 2 aliphatic heterocycles. The topological polar surface area (TPSA) is 74.8 Å². The minimum atomic E-state index is 0.0769. The number of aromatic nitrogens is 1. The summed E-state index contributed by atoms with van der Waals surface area (Å²) in [7, 11) is 2.07. The van der Waals surface area contributed by atoms with Crippen molar-refractivity contribution in [2.24, 2.45) is 0 Å². The Kier molecular flexibility index (Phi) is 7.18. The van der Waals surface area contributed by atoms with Crippen molar-refractivity contribution in [3.05, 3.63) is 30.1 Å². The van der Waals surface area contributed by atoms with Gasteiger partial charge in [0.05, 0.1) is 13.2 Å². The maximum absolute atomic E-state index is 12.5. The summed E-state index contributed by atoms with van der Waals surface area (Å²) in [6, 6.07) is 4.44. The minimum absolute atomic E-state index is 0.0769. The monoisotopic (exact) mass is 374 g/mol. The maximum atomic E-state index is 12.5. The number of morpholine rings is 1. The first kappa shape index (κ1) is 19.8. The molecule has 1 aromatic rings. The zero-order valence-corrected chi connectivity index (χ0v) is 16.1. The van der Waals surface area contributed by atoms with Gasteiger partial charge in [-0.05, 0) is 44.0 Å². The Hall–Kier alpha value is -1.99. The van der Waals surface area contributed by atoms with Crippen LogP contribution in [-0.2, 0) is 20.7 Å².